The van der Waals surface area contributed by atoms with Gasteiger partial charge in [-0.1, -0.05) is 35.9 Å². The van der Waals surface area contributed by atoms with Gasteiger partial charge in [-0.15, -0.1) is 0 Å². The molecule has 0 spiro atoms. The molecule has 9 nitrogen and oxygen atoms in total. The molecule has 10 heteroatoms. The molecule has 1 atom stereocenters. The van der Waals surface area contributed by atoms with E-state index in [-0.39, 0.29) is 17.2 Å². The Morgan fingerprint density at radius 1 is 1.00 bits per heavy atom. The van der Waals surface area contributed by atoms with E-state index >= 15 is 0 Å². The Balaban J connectivity index is 1.68. The number of nitrogens with one attached hydrogen (secondary N) is 1. The first kappa shape index (κ1) is 25.9. The Morgan fingerprint density at radius 3 is 2.46 bits per heavy atom. The van der Waals surface area contributed by atoms with Gasteiger partial charge in [0.1, 0.15) is 5.75 Å². The van der Waals surface area contributed by atoms with Crippen molar-refractivity contribution in [3.8, 4) is 11.5 Å². The van der Waals surface area contributed by atoms with E-state index in [4.69, 9.17) is 25.5 Å². The van der Waals surface area contributed by atoms with Gasteiger partial charge in [-0.2, -0.15) is 0 Å². The van der Waals surface area contributed by atoms with E-state index in [1.165, 1.54) is 32.1 Å². The number of carbonyl (C=O) groups excluding carboxylic acids is 3. The fourth-order valence-corrected chi connectivity index (χ4v) is 4.93. The van der Waals surface area contributed by atoms with Gasteiger partial charge in [0.15, 0.2) is 22.9 Å². The van der Waals surface area contributed by atoms with Crippen molar-refractivity contribution in [2.75, 3.05) is 24.4 Å². The van der Waals surface area contributed by atoms with Crippen molar-refractivity contribution in [2.45, 2.75) is 13.0 Å². The molecule has 1 aromatic heterocycles. The summed E-state index contributed by atoms with van der Waals surface area (Å²) in [6.07, 6.45) is 0. The molecule has 1 aliphatic rings. The van der Waals surface area contributed by atoms with Gasteiger partial charge in [0, 0.05) is 40.3 Å². The zero-order valence-electron chi connectivity index (χ0n) is 21.2. The van der Waals surface area contributed by atoms with Crippen LogP contribution in [0.15, 0.2) is 82.5 Å². The fraction of sp³-hybridized carbons (Fsp3) is 0.138. The van der Waals surface area contributed by atoms with Crippen LogP contribution in [-0.2, 0) is 9.59 Å². The zero-order chi connectivity index (χ0) is 27.8. The number of Topliss-reactive ketones (excluding diaryl/α,β-unsaturated/α-hetero) is 1. The maximum absolute atomic E-state index is 14.0. The zero-order valence-corrected chi connectivity index (χ0v) is 21.9. The van der Waals surface area contributed by atoms with Crippen LogP contribution in [-0.4, -0.2) is 36.9 Å². The number of halogens is 1. The molecule has 2 N–H and O–H groups in total. The van der Waals surface area contributed by atoms with E-state index in [1.807, 2.05) is 0 Å². The SMILES string of the molecule is COc1ccccc1C1C(C(=O)c2cc3cc(Cl)cc(OC)c3o2)=C(O)C(=O)N1c1cccc(NC(C)=O)c1. The fourth-order valence-electron chi connectivity index (χ4n) is 4.71. The number of ketones is 1. The van der Waals surface area contributed by atoms with Crippen LogP contribution in [0, 0.1) is 0 Å². The second-order valence-electron chi connectivity index (χ2n) is 8.78. The van der Waals surface area contributed by atoms with Crippen LogP contribution in [0.4, 0.5) is 11.4 Å². The quantitative estimate of drug-likeness (QED) is 0.279. The third-order valence-corrected chi connectivity index (χ3v) is 6.54. The molecule has 0 bridgehead atoms. The molecule has 198 valence electrons. The van der Waals surface area contributed by atoms with Crippen LogP contribution in [0.5, 0.6) is 11.5 Å². The monoisotopic (exact) mass is 546 g/mol. The van der Waals surface area contributed by atoms with Crippen molar-refractivity contribution in [3.05, 3.63) is 94.4 Å². The topological polar surface area (TPSA) is 118 Å². The Bertz CT molecular complexity index is 1670. The van der Waals surface area contributed by atoms with Crippen molar-refractivity contribution in [1.82, 2.24) is 0 Å². The lowest BCUT2D eigenvalue weighted by molar-refractivity contribution is -0.117. The number of hydrogen-bond acceptors (Lipinski definition) is 7. The first-order valence-corrected chi connectivity index (χ1v) is 12.2. The average Bonchev–Trinajstić information content (AvgIpc) is 3.46. The number of benzene rings is 3. The molecule has 2 amide bonds. The van der Waals surface area contributed by atoms with Gasteiger partial charge < -0.3 is 24.3 Å². The highest BCUT2D eigenvalue weighted by Crippen LogP contribution is 2.45. The first-order valence-electron chi connectivity index (χ1n) is 11.8. The van der Waals surface area contributed by atoms with Gasteiger partial charge in [-0.05, 0) is 36.4 Å². The highest BCUT2D eigenvalue weighted by molar-refractivity contribution is 6.31. The second kappa shape index (κ2) is 10.2. The summed E-state index contributed by atoms with van der Waals surface area (Å²) in [5.74, 6) is -1.91. The number of aliphatic hydroxyl groups is 1. The van der Waals surface area contributed by atoms with Crippen LogP contribution in [0.1, 0.15) is 29.1 Å². The summed E-state index contributed by atoms with van der Waals surface area (Å²) < 4.78 is 16.7. The maximum Gasteiger partial charge on any atom is 0.294 e. The molecular weight excluding hydrogens is 524 g/mol. The molecule has 39 heavy (non-hydrogen) atoms. The third kappa shape index (κ3) is 4.57. The molecule has 2 heterocycles. The molecule has 0 fully saturated rings. The van der Waals surface area contributed by atoms with Gasteiger partial charge in [-0.3, -0.25) is 19.3 Å². The summed E-state index contributed by atoms with van der Waals surface area (Å²) in [5.41, 5.74) is 1.34. The van der Waals surface area contributed by atoms with E-state index in [1.54, 1.807) is 60.7 Å². The summed E-state index contributed by atoms with van der Waals surface area (Å²) in [6, 6.07) is 17.0. The minimum atomic E-state index is -1.08. The number of ether oxygens (including phenoxy) is 2. The molecule has 1 aliphatic heterocycles. The summed E-state index contributed by atoms with van der Waals surface area (Å²) in [6.45, 7) is 1.37. The maximum atomic E-state index is 14.0. The van der Waals surface area contributed by atoms with Gasteiger partial charge >= 0.3 is 0 Å². The van der Waals surface area contributed by atoms with E-state index in [2.05, 4.69) is 5.32 Å². The molecule has 5 rings (SSSR count). The number of methoxy groups -OCH3 is 2. The largest absolute Gasteiger partial charge is 0.503 e. The number of fused-ring (bicyclic) bond motifs is 1. The predicted octanol–water partition coefficient (Wildman–Crippen LogP) is 5.84. The predicted molar refractivity (Wildman–Crippen MR) is 146 cm³/mol. The van der Waals surface area contributed by atoms with Crippen LogP contribution < -0.4 is 19.7 Å². The Morgan fingerprint density at radius 2 is 1.74 bits per heavy atom. The van der Waals surface area contributed by atoms with E-state index < -0.39 is 23.5 Å². The highest BCUT2D eigenvalue weighted by Gasteiger charge is 2.46. The van der Waals surface area contributed by atoms with Crippen molar-refractivity contribution in [3.63, 3.8) is 0 Å². The Hall–Kier alpha value is -4.76. The molecule has 0 saturated carbocycles. The second-order valence-corrected chi connectivity index (χ2v) is 9.22. The first-order chi connectivity index (χ1) is 18.7. The number of carbonyl (C=O) groups is 3. The van der Waals surface area contributed by atoms with Crippen LogP contribution in [0.3, 0.4) is 0 Å². The van der Waals surface area contributed by atoms with Crippen molar-refractivity contribution in [2.24, 2.45) is 0 Å². The normalized spacial score (nSPS) is 15.1. The van der Waals surface area contributed by atoms with Gasteiger partial charge in [0.2, 0.25) is 11.7 Å². The number of amides is 2. The van der Waals surface area contributed by atoms with Gasteiger partial charge in [0.05, 0.1) is 25.8 Å². The van der Waals surface area contributed by atoms with E-state index in [0.29, 0.717) is 44.4 Å². The number of nitrogens with zero attached hydrogens (tertiary/aromatic N) is 1. The van der Waals surface area contributed by atoms with Crippen LogP contribution >= 0.6 is 11.6 Å². The van der Waals surface area contributed by atoms with Crippen molar-refractivity contribution >= 4 is 51.5 Å². The van der Waals surface area contributed by atoms with E-state index in [0.717, 1.165) is 0 Å². The summed E-state index contributed by atoms with van der Waals surface area (Å²) in [4.78, 5) is 40.4. The molecule has 4 aromatic rings. The molecule has 1 unspecified atom stereocenters. The van der Waals surface area contributed by atoms with Gasteiger partial charge in [0.25, 0.3) is 5.91 Å². The summed E-state index contributed by atoms with van der Waals surface area (Å²) in [5, 5.41) is 14.7. The molecule has 0 aliphatic carbocycles. The number of furan rings is 1. The number of rotatable bonds is 7. The standard InChI is InChI=1S/C29H23ClN2O7/c1-15(33)31-18-7-6-8-19(14-18)32-25(20-9-4-5-10-21(20)37-2)24(27(35)29(32)36)26(34)22-12-16-11-17(30)13-23(38-3)28(16)39-22/h4-14,25,35H,1-3H3,(H,31,33). The highest BCUT2D eigenvalue weighted by atomic mass is 35.5. The van der Waals surface area contributed by atoms with Crippen molar-refractivity contribution < 1.29 is 33.4 Å². The van der Waals surface area contributed by atoms with Crippen molar-refractivity contribution in [1.29, 1.82) is 0 Å². The minimum absolute atomic E-state index is 0.117. The minimum Gasteiger partial charge on any atom is -0.503 e. The molecule has 0 saturated heterocycles. The summed E-state index contributed by atoms with van der Waals surface area (Å²) >= 11 is 6.18. The van der Waals surface area contributed by atoms with Crippen LogP contribution in [0.2, 0.25) is 5.02 Å². The van der Waals surface area contributed by atoms with Gasteiger partial charge in [-0.25, -0.2) is 0 Å². The van der Waals surface area contributed by atoms with E-state index in [9.17, 15) is 19.5 Å². The number of para-hydroxylation sites is 1. The smallest absolute Gasteiger partial charge is 0.294 e. The number of hydrogen-bond donors (Lipinski definition) is 2. The lowest BCUT2D eigenvalue weighted by Gasteiger charge is -2.28. The lowest BCUT2D eigenvalue weighted by Crippen LogP contribution is -2.31. The molecule has 0 radical (unpaired) electrons. The number of aliphatic hydroxyl groups excluding tert-OH is 1. The Labute approximate surface area is 228 Å². The van der Waals surface area contributed by atoms with Crippen LogP contribution in [0.25, 0.3) is 11.0 Å². The third-order valence-electron chi connectivity index (χ3n) is 6.32. The Kier molecular flexibility index (Phi) is 6.76. The lowest BCUT2D eigenvalue weighted by atomic mass is 9.94. The average molecular weight is 547 g/mol. The number of anilines is 2. The summed E-state index contributed by atoms with van der Waals surface area (Å²) in [7, 11) is 2.92. The molecule has 3 aromatic carbocycles. The molecular formula is C29H23ClN2O7.